The highest BCUT2D eigenvalue weighted by atomic mass is 16.5. The number of aryl methyl sites for hydroxylation is 1. The molecule has 6 heteroatoms. The number of carboxylic acids is 1. The first-order chi connectivity index (χ1) is 11.8. The minimum Gasteiger partial charge on any atom is -0.497 e. The molecule has 0 bridgehead atoms. The summed E-state index contributed by atoms with van der Waals surface area (Å²) in [7, 11) is 3.24. The van der Waals surface area contributed by atoms with Gasteiger partial charge in [-0.1, -0.05) is 6.92 Å². The molecule has 0 aliphatic carbocycles. The van der Waals surface area contributed by atoms with Gasteiger partial charge in [0.05, 0.1) is 18.6 Å². The molecule has 0 aliphatic rings. The molecule has 134 valence electrons. The fraction of sp³-hybridized carbons (Fsp3) is 0.368. The van der Waals surface area contributed by atoms with Gasteiger partial charge >= 0.3 is 5.97 Å². The van der Waals surface area contributed by atoms with Gasteiger partial charge in [0.2, 0.25) is 0 Å². The van der Waals surface area contributed by atoms with Gasteiger partial charge in [0, 0.05) is 30.7 Å². The van der Waals surface area contributed by atoms with E-state index < -0.39 is 11.9 Å². The Bertz CT molecular complexity index is 777. The first kappa shape index (κ1) is 18.6. The Morgan fingerprint density at radius 2 is 1.84 bits per heavy atom. The average molecular weight is 344 g/mol. The highest BCUT2D eigenvalue weighted by molar-refractivity contribution is 5.96. The van der Waals surface area contributed by atoms with E-state index in [4.69, 9.17) is 9.84 Å². The van der Waals surface area contributed by atoms with Crippen molar-refractivity contribution >= 4 is 11.9 Å². The first-order valence-corrected chi connectivity index (χ1v) is 8.08. The van der Waals surface area contributed by atoms with Gasteiger partial charge < -0.3 is 19.3 Å². The van der Waals surface area contributed by atoms with Crippen LogP contribution in [0.15, 0.2) is 30.3 Å². The Morgan fingerprint density at radius 3 is 2.36 bits per heavy atom. The van der Waals surface area contributed by atoms with Crippen LogP contribution in [0.2, 0.25) is 0 Å². The fourth-order valence-corrected chi connectivity index (χ4v) is 2.89. The van der Waals surface area contributed by atoms with E-state index in [1.54, 1.807) is 21.1 Å². The number of aromatic nitrogens is 1. The molecule has 1 amide bonds. The number of carboxylic acid groups (broad SMARTS) is 1. The van der Waals surface area contributed by atoms with Crippen molar-refractivity contribution in [2.45, 2.75) is 20.8 Å². The molecule has 0 spiro atoms. The van der Waals surface area contributed by atoms with E-state index in [-0.39, 0.29) is 12.5 Å². The van der Waals surface area contributed by atoms with Crippen molar-refractivity contribution in [1.29, 1.82) is 0 Å². The summed E-state index contributed by atoms with van der Waals surface area (Å²) in [6.45, 7) is 5.58. The van der Waals surface area contributed by atoms with Crippen LogP contribution in [0.1, 0.15) is 28.7 Å². The Hall–Kier alpha value is -2.76. The van der Waals surface area contributed by atoms with E-state index in [2.05, 4.69) is 0 Å². The van der Waals surface area contributed by atoms with Crippen LogP contribution in [0.5, 0.6) is 5.75 Å². The molecule has 25 heavy (non-hydrogen) atoms. The van der Waals surface area contributed by atoms with Crippen molar-refractivity contribution < 1.29 is 19.4 Å². The monoisotopic (exact) mass is 344 g/mol. The van der Waals surface area contributed by atoms with Gasteiger partial charge in [0.1, 0.15) is 5.75 Å². The second kappa shape index (κ2) is 7.42. The number of amides is 1. The zero-order valence-electron chi connectivity index (χ0n) is 15.2. The summed E-state index contributed by atoms with van der Waals surface area (Å²) in [5.41, 5.74) is 3.28. The molecular weight excluding hydrogens is 320 g/mol. The normalized spacial score (nSPS) is 11.9. The number of hydrogen-bond donors (Lipinski definition) is 1. The van der Waals surface area contributed by atoms with Crippen molar-refractivity contribution in [3.8, 4) is 11.4 Å². The highest BCUT2D eigenvalue weighted by Crippen LogP contribution is 2.23. The van der Waals surface area contributed by atoms with Crippen LogP contribution in [0.25, 0.3) is 5.69 Å². The molecule has 1 N–H and O–H groups in total. The summed E-state index contributed by atoms with van der Waals surface area (Å²) in [6, 6.07) is 9.45. The Labute approximate surface area is 147 Å². The van der Waals surface area contributed by atoms with Crippen molar-refractivity contribution in [2.75, 3.05) is 20.7 Å². The lowest BCUT2D eigenvalue weighted by Crippen LogP contribution is -2.33. The molecule has 1 atom stereocenters. The molecule has 0 fully saturated rings. The van der Waals surface area contributed by atoms with Gasteiger partial charge in [-0.15, -0.1) is 0 Å². The van der Waals surface area contributed by atoms with Gasteiger partial charge in [-0.05, 0) is 44.2 Å². The Balaban J connectivity index is 2.31. The summed E-state index contributed by atoms with van der Waals surface area (Å²) < 4.78 is 7.18. The number of rotatable bonds is 6. The number of methoxy groups -OCH3 is 1. The second-order valence-corrected chi connectivity index (χ2v) is 6.24. The number of nitrogens with zero attached hydrogens (tertiary/aromatic N) is 2. The van der Waals surface area contributed by atoms with Crippen LogP contribution >= 0.6 is 0 Å². The summed E-state index contributed by atoms with van der Waals surface area (Å²) in [5, 5.41) is 9.03. The largest absolute Gasteiger partial charge is 0.497 e. The molecule has 1 aromatic carbocycles. The minimum atomic E-state index is -0.914. The molecule has 0 radical (unpaired) electrons. The maximum absolute atomic E-state index is 12.7. The molecule has 0 saturated carbocycles. The van der Waals surface area contributed by atoms with E-state index >= 15 is 0 Å². The van der Waals surface area contributed by atoms with E-state index in [0.29, 0.717) is 5.56 Å². The first-order valence-electron chi connectivity index (χ1n) is 8.08. The van der Waals surface area contributed by atoms with Gasteiger partial charge in [-0.3, -0.25) is 9.59 Å². The zero-order valence-corrected chi connectivity index (χ0v) is 15.2. The van der Waals surface area contributed by atoms with Gasteiger partial charge in [-0.2, -0.15) is 0 Å². The molecule has 1 aromatic heterocycles. The molecule has 1 unspecified atom stereocenters. The SMILES string of the molecule is COc1ccc(-n2c(C)cc(C(=O)N(C)CC(C)C(=O)O)c2C)cc1. The lowest BCUT2D eigenvalue weighted by atomic mass is 10.1. The van der Waals surface area contributed by atoms with Crippen LogP contribution in [0.3, 0.4) is 0 Å². The Morgan fingerprint density at radius 1 is 1.24 bits per heavy atom. The second-order valence-electron chi connectivity index (χ2n) is 6.24. The molecule has 0 saturated heterocycles. The van der Waals surface area contributed by atoms with Gasteiger partial charge in [-0.25, -0.2) is 0 Å². The minimum absolute atomic E-state index is 0.167. The van der Waals surface area contributed by atoms with E-state index in [1.807, 2.05) is 48.7 Å². The number of ether oxygens (including phenoxy) is 1. The van der Waals surface area contributed by atoms with Crippen molar-refractivity contribution in [3.63, 3.8) is 0 Å². The number of aliphatic carboxylic acids is 1. The summed E-state index contributed by atoms with van der Waals surface area (Å²) in [6.07, 6.45) is 0. The Kier molecular flexibility index (Phi) is 5.51. The number of carbonyl (C=O) groups is 2. The van der Waals surface area contributed by atoms with Gasteiger partial charge in [0.15, 0.2) is 0 Å². The summed E-state index contributed by atoms with van der Waals surface area (Å²) in [5.74, 6) is -0.937. The molecular formula is C19H24N2O4. The third-order valence-corrected chi connectivity index (χ3v) is 4.31. The lowest BCUT2D eigenvalue weighted by molar-refractivity contribution is -0.141. The quantitative estimate of drug-likeness (QED) is 0.875. The topological polar surface area (TPSA) is 71.8 Å². The number of benzene rings is 1. The van der Waals surface area contributed by atoms with Crippen molar-refractivity contribution in [3.05, 3.63) is 47.3 Å². The van der Waals surface area contributed by atoms with Crippen molar-refractivity contribution in [2.24, 2.45) is 5.92 Å². The van der Waals surface area contributed by atoms with Crippen LogP contribution in [0.4, 0.5) is 0 Å². The average Bonchev–Trinajstić information content (AvgIpc) is 2.88. The van der Waals surface area contributed by atoms with Crippen LogP contribution < -0.4 is 4.74 Å². The molecule has 0 aliphatic heterocycles. The standard InChI is InChI=1S/C19H24N2O4/c1-12(19(23)24)11-20(4)18(22)17-10-13(2)21(14(17)3)15-6-8-16(25-5)9-7-15/h6-10,12H,11H2,1-5H3,(H,23,24). The maximum atomic E-state index is 12.7. The predicted octanol–water partition coefficient (Wildman–Crippen LogP) is 2.90. The van der Waals surface area contributed by atoms with Crippen molar-refractivity contribution in [1.82, 2.24) is 9.47 Å². The van der Waals surface area contributed by atoms with Crippen LogP contribution in [0, 0.1) is 19.8 Å². The maximum Gasteiger partial charge on any atom is 0.308 e. The summed E-state index contributed by atoms with van der Waals surface area (Å²) >= 11 is 0. The fourth-order valence-electron chi connectivity index (χ4n) is 2.89. The van der Waals surface area contributed by atoms with E-state index in [1.165, 1.54) is 4.90 Å². The number of carbonyl (C=O) groups excluding carboxylic acids is 1. The summed E-state index contributed by atoms with van der Waals surface area (Å²) in [4.78, 5) is 25.2. The third-order valence-electron chi connectivity index (χ3n) is 4.31. The number of hydrogen-bond acceptors (Lipinski definition) is 3. The predicted molar refractivity (Wildman–Crippen MR) is 95.6 cm³/mol. The zero-order chi connectivity index (χ0) is 18.7. The van der Waals surface area contributed by atoms with Gasteiger partial charge in [0.25, 0.3) is 5.91 Å². The van der Waals surface area contributed by atoms with E-state index in [9.17, 15) is 9.59 Å². The molecule has 2 aromatic rings. The van der Waals surface area contributed by atoms with Crippen LogP contribution in [-0.2, 0) is 4.79 Å². The lowest BCUT2D eigenvalue weighted by Gasteiger charge is -2.19. The molecule has 2 rings (SSSR count). The van der Waals surface area contributed by atoms with E-state index in [0.717, 1.165) is 22.8 Å². The third kappa shape index (κ3) is 3.84. The molecule has 1 heterocycles. The smallest absolute Gasteiger partial charge is 0.308 e. The highest BCUT2D eigenvalue weighted by Gasteiger charge is 2.22. The van der Waals surface area contributed by atoms with Crippen LogP contribution in [-0.4, -0.2) is 47.2 Å². The molecule has 6 nitrogen and oxygen atoms in total.